The van der Waals surface area contributed by atoms with Gasteiger partial charge in [0.1, 0.15) is 5.25 Å². The van der Waals surface area contributed by atoms with Crippen molar-refractivity contribution >= 4 is 23.4 Å². The predicted octanol–water partition coefficient (Wildman–Crippen LogP) is 4.19. The van der Waals surface area contributed by atoms with E-state index in [1.54, 1.807) is 0 Å². The molecule has 0 saturated carbocycles. The smallest absolute Gasteiger partial charge is 0.240 e. The largest absolute Gasteiger partial charge is 0.325 e. The van der Waals surface area contributed by atoms with Crippen molar-refractivity contribution in [2.45, 2.75) is 49.6 Å². The van der Waals surface area contributed by atoms with Crippen LogP contribution in [-0.4, -0.2) is 26.0 Å². The molecule has 3 aromatic rings. The third-order valence-electron chi connectivity index (χ3n) is 5.02. The second kappa shape index (κ2) is 8.69. The maximum Gasteiger partial charge on any atom is 0.240 e. The molecule has 1 aliphatic rings. The Morgan fingerprint density at radius 2 is 1.86 bits per heavy atom. The lowest BCUT2D eigenvalue weighted by Gasteiger charge is -2.33. The first-order valence-electron chi connectivity index (χ1n) is 10.0. The number of nitrogens with one attached hydrogen (secondary N) is 2. The zero-order valence-corrected chi connectivity index (χ0v) is 17.4. The Kier molecular flexibility index (Phi) is 5.85. The number of benzene rings is 2. The van der Waals surface area contributed by atoms with Crippen molar-refractivity contribution in [2.75, 3.05) is 10.7 Å². The van der Waals surface area contributed by atoms with Crippen molar-refractivity contribution < 1.29 is 4.79 Å². The molecule has 1 aromatic heterocycles. The quantitative estimate of drug-likeness (QED) is 0.641. The van der Waals surface area contributed by atoms with E-state index in [1.807, 2.05) is 59.3 Å². The number of carbonyl (C=O) groups excluding carboxylic acids is 1. The summed E-state index contributed by atoms with van der Waals surface area (Å²) in [5.74, 6) is 0.844. The summed E-state index contributed by atoms with van der Waals surface area (Å²) in [6.07, 6.45) is 2.79. The van der Waals surface area contributed by atoms with Crippen molar-refractivity contribution in [3.8, 4) is 0 Å². The average Bonchev–Trinajstić information content (AvgIpc) is 3.16. The van der Waals surface area contributed by atoms with E-state index in [-0.39, 0.29) is 17.2 Å². The molecule has 0 aliphatic carbocycles. The molecule has 2 heterocycles. The minimum Gasteiger partial charge on any atom is -0.325 e. The van der Waals surface area contributed by atoms with Gasteiger partial charge in [0.2, 0.25) is 11.1 Å². The van der Waals surface area contributed by atoms with E-state index in [2.05, 4.69) is 34.8 Å². The number of rotatable bonds is 6. The van der Waals surface area contributed by atoms with Crippen LogP contribution in [0.4, 0.5) is 5.69 Å². The Hall–Kier alpha value is -2.80. The highest BCUT2D eigenvalue weighted by atomic mass is 32.2. The van der Waals surface area contributed by atoms with Gasteiger partial charge in [0.25, 0.3) is 0 Å². The second-order valence-corrected chi connectivity index (χ2v) is 8.19. The molecular weight excluding hydrogens is 382 g/mol. The lowest BCUT2D eigenvalue weighted by molar-refractivity contribution is -0.116. The molecule has 29 heavy (non-hydrogen) atoms. The fourth-order valence-corrected chi connectivity index (χ4v) is 4.53. The van der Waals surface area contributed by atoms with Gasteiger partial charge in [-0.05, 0) is 36.1 Å². The van der Waals surface area contributed by atoms with Crippen LogP contribution in [0.3, 0.4) is 0 Å². The van der Waals surface area contributed by atoms with Crippen LogP contribution < -0.4 is 10.7 Å². The summed E-state index contributed by atoms with van der Waals surface area (Å²) < 4.78 is 1.94. The molecule has 6 nitrogen and oxygen atoms in total. The van der Waals surface area contributed by atoms with E-state index < -0.39 is 0 Å². The fraction of sp³-hybridized carbons (Fsp3) is 0.318. The van der Waals surface area contributed by atoms with Crippen LogP contribution in [0, 0.1) is 0 Å². The van der Waals surface area contributed by atoms with Crippen LogP contribution in [0.1, 0.15) is 43.3 Å². The highest BCUT2D eigenvalue weighted by Gasteiger charge is 2.37. The molecule has 1 amide bonds. The summed E-state index contributed by atoms with van der Waals surface area (Å²) in [6, 6.07) is 17.9. The zero-order chi connectivity index (χ0) is 20.2. The minimum atomic E-state index is -0.366. The number of aromatic nitrogens is 3. The first-order chi connectivity index (χ1) is 14.2. The summed E-state index contributed by atoms with van der Waals surface area (Å²) in [6.45, 7) is 4.23. The number of carbonyl (C=O) groups is 1. The molecule has 2 aromatic carbocycles. The van der Waals surface area contributed by atoms with Crippen molar-refractivity contribution in [1.29, 1.82) is 0 Å². The number of aryl methyl sites for hydroxylation is 2. The zero-order valence-electron chi connectivity index (χ0n) is 16.6. The predicted molar refractivity (Wildman–Crippen MR) is 117 cm³/mol. The van der Waals surface area contributed by atoms with Gasteiger partial charge in [-0.25, -0.2) is 4.68 Å². The highest BCUT2D eigenvalue weighted by molar-refractivity contribution is 8.00. The van der Waals surface area contributed by atoms with E-state index in [0.29, 0.717) is 0 Å². The number of fused-ring (bicyclic) bond motifs is 1. The lowest BCUT2D eigenvalue weighted by atomic mass is 10.0. The Labute approximate surface area is 175 Å². The van der Waals surface area contributed by atoms with Crippen LogP contribution in [0.2, 0.25) is 0 Å². The molecule has 0 spiro atoms. The Morgan fingerprint density at radius 3 is 2.55 bits per heavy atom. The van der Waals surface area contributed by atoms with Crippen LogP contribution in [0.15, 0.2) is 59.8 Å². The number of hydrogen-bond acceptors (Lipinski definition) is 5. The maximum absolute atomic E-state index is 13.2. The normalized spacial score (nSPS) is 18.0. The van der Waals surface area contributed by atoms with Crippen molar-refractivity contribution in [1.82, 2.24) is 14.9 Å². The van der Waals surface area contributed by atoms with Crippen LogP contribution in [-0.2, 0) is 17.6 Å². The van der Waals surface area contributed by atoms with Crippen molar-refractivity contribution in [3.63, 3.8) is 0 Å². The van der Waals surface area contributed by atoms with Gasteiger partial charge in [-0.3, -0.25) is 4.79 Å². The molecule has 0 saturated heterocycles. The van der Waals surface area contributed by atoms with Gasteiger partial charge in [-0.1, -0.05) is 68.1 Å². The molecule has 0 unspecified atom stereocenters. The third-order valence-corrected chi connectivity index (χ3v) is 6.24. The van der Waals surface area contributed by atoms with E-state index in [0.717, 1.165) is 41.5 Å². The average molecular weight is 408 g/mol. The fourth-order valence-electron chi connectivity index (χ4n) is 3.43. The monoisotopic (exact) mass is 407 g/mol. The third kappa shape index (κ3) is 4.15. The van der Waals surface area contributed by atoms with Gasteiger partial charge in [-0.15, -0.1) is 10.2 Å². The SMILES string of the molecule is CCCc1nnc2n1N[C@H](c1ccccc1)[C@@H](C(=O)Nc1ccc(CC)cc1)S2. The lowest BCUT2D eigenvalue weighted by Crippen LogP contribution is -2.41. The summed E-state index contributed by atoms with van der Waals surface area (Å²) in [4.78, 5) is 13.2. The van der Waals surface area contributed by atoms with E-state index in [1.165, 1.54) is 17.3 Å². The molecule has 0 radical (unpaired) electrons. The van der Waals surface area contributed by atoms with Gasteiger partial charge < -0.3 is 10.7 Å². The minimum absolute atomic E-state index is 0.0492. The summed E-state index contributed by atoms with van der Waals surface area (Å²) in [5.41, 5.74) is 6.60. The second-order valence-electron chi connectivity index (χ2n) is 7.08. The van der Waals surface area contributed by atoms with Gasteiger partial charge in [0.05, 0.1) is 6.04 Å². The summed E-state index contributed by atoms with van der Waals surface area (Å²) >= 11 is 1.46. The Morgan fingerprint density at radius 1 is 1.10 bits per heavy atom. The molecule has 7 heteroatoms. The molecule has 0 bridgehead atoms. The molecule has 2 N–H and O–H groups in total. The van der Waals surface area contributed by atoms with Gasteiger partial charge >= 0.3 is 0 Å². The van der Waals surface area contributed by atoms with E-state index in [9.17, 15) is 4.79 Å². The van der Waals surface area contributed by atoms with E-state index >= 15 is 0 Å². The molecule has 1 aliphatic heterocycles. The van der Waals surface area contributed by atoms with Gasteiger partial charge in [0, 0.05) is 12.1 Å². The highest BCUT2D eigenvalue weighted by Crippen LogP contribution is 2.37. The number of amides is 1. The Balaban J connectivity index is 1.62. The van der Waals surface area contributed by atoms with Gasteiger partial charge in [0.15, 0.2) is 5.82 Å². The van der Waals surface area contributed by atoms with E-state index in [4.69, 9.17) is 0 Å². The number of hydrogen-bond donors (Lipinski definition) is 2. The molecule has 2 atom stereocenters. The molecule has 4 rings (SSSR count). The molecular formula is C22H25N5OS. The Bertz CT molecular complexity index is 971. The summed E-state index contributed by atoms with van der Waals surface area (Å²) in [7, 11) is 0. The summed E-state index contributed by atoms with van der Waals surface area (Å²) in [5, 5.41) is 12.0. The first kappa shape index (κ1) is 19.5. The number of anilines is 1. The van der Waals surface area contributed by atoms with Crippen LogP contribution in [0.5, 0.6) is 0 Å². The van der Waals surface area contributed by atoms with Crippen LogP contribution >= 0.6 is 11.8 Å². The standard InChI is InChI=1S/C22H25N5OS/c1-3-8-18-24-25-22-27(18)26-19(16-9-6-5-7-10-16)20(29-22)21(28)23-17-13-11-15(4-2)12-14-17/h5-7,9-14,19-20,26H,3-4,8H2,1-2H3,(H,23,28)/t19-,20+/m1/s1. The van der Waals surface area contributed by atoms with Crippen LogP contribution in [0.25, 0.3) is 0 Å². The molecule has 150 valence electrons. The maximum atomic E-state index is 13.2. The number of thioether (sulfide) groups is 1. The number of nitrogens with zero attached hydrogens (tertiary/aromatic N) is 3. The van der Waals surface area contributed by atoms with Crippen molar-refractivity contribution in [3.05, 3.63) is 71.5 Å². The molecule has 0 fully saturated rings. The first-order valence-corrected chi connectivity index (χ1v) is 10.9. The topological polar surface area (TPSA) is 71.8 Å². The van der Waals surface area contributed by atoms with Crippen molar-refractivity contribution in [2.24, 2.45) is 0 Å². The van der Waals surface area contributed by atoms with Gasteiger partial charge in [-0.2, -0.15) is 0 Å².